The summed E-state index contributed by atoms with van der Waals surface area (Å²) in [5, 5.41) is 0. The lowest BCUT2D eigenvalue weighted by Crippen LogP contribution is -2.60. The zero-order chi connectivity index (χ0) is 26.6. The van der Waals surface area contributed by atoms with Gasteiger partial charge < -0.3 is 23.8 Å². The quantitative estimate of drug-likeness (QED) is 0.169. The number of methoxy groups -OCH3 is 1. The Bertz CT molecular complexity index is 976. The Balaban J connectivity index is 1.38. The van der Waals surface area contributed by atoms with Gasteiger partial charge >= 0.3 is 5.97 Å². The summed E-state index contributed by atoms with van der Waals surface area (Å²) in [4.78, 5) is 14.9. The molecule has 1 aromatic rings. The maximum Gasteiger partial charge on any atom is 0.331 e. The summed E-state index contributed by atoms with van der Waals surface area (Å²) < 4.78 is 24.0. The number of likely N-dealkylation sites (N-methyl/N-ethyl adjacent to an activating group) is 1. The number of allylic oxidation sites excluding steroid dienone is 2. The van der Waals surface area contributed by atoms with Crippen LogP contribution in [0.4, 0.5) is 0 Å². The average molecular weight is 512 g/mol. The fourth-order valence-corrected chi connectivity index (χ4v) is 6.38. The van der Waals surface area contributed by atoms with Crippen molar-refractivity contribution in [2.24, 2.45) is 17.3 Å². The highest BCUT2D eigenvalue weighted by Gasteiger charge is 2.67. The van der Waals surface area contributed by atoms with Crippen LogP contribution in [0.3, 0.4) is 0 Å². The van der Waals surface area contributed by atoms with Crippen molar-refractivity contribution in [3.8, 4) is 5.75 Å². The molecule has 0 radical (unpaired) electrons. The van der Waals surface area contributed by atoms with E-state index in [1.54, 1.807) is 13.2 Å². The molecule has 204 valence electrons. The molecule has 1 aromatic carbocycles. The van der Waals surface area contributed by atoms with Crippen molar-refractivity contribution < 1.29 is 23.7 Å². The summed E-state index contributed by atoms with van der Waals surface area (Å²) in [6, 6.07) is 7.74. The number of epoxide rings is 1. The lowest BCUT2D eigenvalue weighted by Gasteiger charge is -2.58. The van der Waals surface area contributed by atoms with Gasteiger partial charge in [0.25, 0.3) is 0 Å². The minimum Gasteiger partial charge on any atom is -0.492 e. The van der Waals surface area contributed by atoms with Crippen LogP contribution in [-0.2, 0) is 19.0 Å². The van der Waals surface area contributed by atoms with E-state index in [0.29, 0.717) is 12.5 Å². The second kappa shape index (κ2) is 11.7. The smallest absolute Gasteiger partial charge is 0.331 e. The lowest BCUT2D eigenvalue weighted by molar-refractivity contribution is -0.189. The number of benzene rings is 1. The summed E-state index contributed by atoms with van der Waals surface area (Å²) in [7, 11) is 5.80. The van der Waals surface area contributed by atoms with Crippen LogP contribution in [0.1, 0.15) is 58.4 Å². The molecule has 3 aliphatic rings. The molecule has 37 heavy (non-hydrogen) atoms. The van der Waals surface area contributed by atoms with Gasteiger partial charge in [-0.3, -0.25) is 0 Å². The van der Waals surface area contributed by atoms with E-state index in [2.05, 4.69) is 31.7 Å². The first-order valence-electron chi connectivity index (χ1n) is 13.7. The minimum atomic E-state index is -0.329. The van der Waals surface area contributed by atoms with E-state index < -0.39 is 0 Å². The van der Waals surface area contributed by atoms with E-state index in [1.165, 1.54) is 24.5 Å². The highest BCUT2D eigenvalue weighted by atomic mass is 16.6. The van der Waals surface area contributed by atoms with Crippen molar-refractivity contribution in [2.75, 3.05) is 41.0 Å². The number of carbonyl (C=O) groups excluding carboxylic acids is 1. The minimum absolute atomic E-state index is 0.117. The zero-order valence-corrected chi connectivity index (χ0v) is 23.5. The molecule has 6 heteroatoms. The lowest BCUT2D eigenvalue weighted by atomic mass is 9.48. The van der Waals surface area contributed by atoms with Crippen LogP contribution in [0.5, 0.6) is 5.75 Å². The normalized spacial score (nSPS) is 32.8. The monoisotopic (exact) mass is 511 g/mol. The van der Waals surface area contributed by atoms with Crippen molar-refractivity contribution in [3.63, 3.8) is 0 Å². The Labute approximate surface area is 223 Å². The van der Waals surface area contributed by atoms with Crippen LogP contribution in [0, 0.1) is 17.3 Å². The Morgan fingerprint density at radius 3 is 2.46 bits per heavy atom. The third kappa shape index (κ3) is 6.47. The third-order valence-corrected chi connectivity index (χ3v) is 8.75. The molecule has 0 bridgehead atoms. The van der Waals surface area contributed by atoms with Crippen LogP contribution >= 0.6 is 0 Å². The van der Waals surface area contributed by atoms with Gasteiger partial charge in [-0.15, -0.1) is 0 Å². The van der Waals surface area contributed by atoms with Crippen molar-refractivity contribution in [2.45, 2.75) is 70.7 Å². The Morgan fingerprint density at radius 1 is 1.16 bits per heavy atom. The summed E-state index contributed by atoms with van der Waals surface area (Å²) in [5.41, 5.74) is 2.30. The van der Waals surface area contributed by atoms with E-state index in [4.69, 9.17) is 18.9 Å². The van der Waals surface area contributed by atoms with Crippen LogP contribution in [0.15, 0.2) is 42.0 Å². The Kier molecular flexibility index (Phi) is 8.82. The number of esters is 1. The van der Waals surface area contributed by atoms with Gasteiger partial charge in [-0.05, 0) is 95.2 Å². The number of nitrogens with zero attached hydrogens (tertiary/aromatic N) is 1. The Hall–Kier alpha value is -2.15. The first-order valence-corrected chi connectivity index (χ1v) is 13.7. The molecule has 2 saturated carbocycles. The van der Waals surface area contributed by atoms with Crippen LogP contribution in [0.25, 0.3) is 6.08 Å². The molecule has 6 nitrogen and oxygen atoms in total. The summed E-state index contributed by atoms with van der Waals surface area (Å²) in [5.74, 6) is 1.33. The van der Waals surface area contributed by atoms with Gasteiger partial charge in [0.15, 0.2) is 0 Å². The molecular weight excluding hydrogens is 466 g/mol. The fourth-order valence-electron chi connectivity index (χ4n) is 6.38. The van der Waals surface area contributed by atoms with Gasteiger partial charge in [-0.25, -0.2) is 4.79 Å². The molecule has 1 aliphatic heterocycles. The van der Waals surface area contributed by atoms with Gasteiger partial charge in [-0.2, -0.15) is 0 Å². The highest BCUT2D eigenvalue weighted by molar-refractivity contribution is 5.87. The predicted molar refractivity (Wildman–Crippen MR) is 146 cm³/mol. The molecule has 0 unspecified atom stereocenters. The fraction of sp³-hybridized carbons (Fsp3) is 0.645. The molecule has 0 amide bonds. The van der Waals surface area contributed by atoms with Gasteiger partial charge in [0.2, 0.25) is 0 Å². The van der Waals surface area contributed by atoms with Crippen molar-refractivity contribution in [1.29, 1.82) is 0 Å². The molecule has 3 fully saturated rings. The van der Waals surface area contributed by atoms with E-state index in [-0.39, 0.29) is 35.1 Å². The van der Waals surface area contributed by atoms with Crippen molar-refractivity contribution >= 4 is 12.0 Å². The average Bonchev–Trinajstić information content (AvgIpc) is 3.62. The van der Waals surface area contributed by atoms with E-state index in [1.807, 2.05) is 38.4 Å². The number of carbonyl (C=O) groups is 1. The highest BCUT2D eigenvalue weighted by Crippen LogP contribution is 2.63. The predicted octanol–water partition coefficient (Wildman–Crippen LogP) is 5.52. The van der Waals surface area contributed by atoms with E-state index >= 15 is 0 Å². The summed E-state index contributed by atoms with van der Waals surface area (Å²) in [6.45, 7) is 9.02. The molecule has 0 aromatic heterocycles. The number of rotatable bonds is 11. The Morgan fingerprint density at radius 2 is 1.89 bits per heavy atom. The summed E-state index contributed by atoms with van der Waals surface area (Å²) >= 11 is 0. The number of ether oxygens (including phenoxy) is 4. The van der Waals surface area contributed by atoms with E-state index in [0.717, 1.165) is 43.7 Å². The SMILES string of the molecule is CO[C@@H]1[C@H](OC(=O)/C=C/c2ccc(OCCN(C)C)cc2)CC[C@]2(CO2)[C@H]1[C@@]1(C)CC[C@@H]1CC=C(C)C. The maximum atomic E-state index is 12.8. The summed E-state index contributed by atoms with van der Waals surface area (Å²) in [6.07, 6.45) is 10.4. The first kappa shape index (κ1) is 27.9. The largest absolute Gasteiger partial charge is 0.492 e. The first-order chi connectivity index (χ1) is 17.7. The standard InChI is InChI=1S/C31H45NO5/c1-22(2)7-11-24-15-17-30(24,3)29-28(34-6)26(16-18-31(29)21-36-31)37-27(33)14-10-23-8-12-25(13-9-23)35-20-19-32(4)5/h7-10,12-14,24,26,28-29H,11,15-21H2,1-6H3/b14-10+/t24-,26+,28+,29+,30-,31-/m0/s1. The van der Waals surface area contributed by atoms with Gasteiger partial charge in [-0.1, -0.05) is 30.7 Å². The third-order valence-electron chi connectivity index (χ3n) is 8.75. The molecule has 2 aliphatic carbocycles. The molecule has 1 heterocycles. The van der Waals surface area contributed by atoms with Crippen molar-refractivity contribution in [3.05, 3.63) is 47.6 Å². The van der Waals surface area contributed by atoms with Crippen LogP contribution in [0.2, 0.25) is 0 Å². The van der Waals surface area contributed by atoms with Crippen LogP contribution in [-0.4, -0.2) is 69.6 Å². The second-order valence-electron chi connectivity index (χ2n) is 11.9. The topological polar surface area (TPSA) is 60.5 Å². The maximum absolute atomic E-state index is 12.8. The molecule has 6 atom stereocenters. The molecule has 1 saturated heterocycles. The molecular formula is C31H45NO5. The molecule has 0 N–H and O–H groups in total. The molecule has 4 rings (SSSR count). The van der Waals surface area contributed by atoms with Gasteiger partial charge in [0.05, 0.1) is 12.2 Å². The van der Waals surface area contributed by atoms with Crippen molar-refractivity contribution in [1.82, 2.24) is 4.90 Å². The van der Waals surface area contributed by atoms with Gasteiger partial charge in [0.1, 0.15) is 24.6 Å². The van der Waals surface area contributed by atoms with Gasteiger partial charge in [0, 0.05) is 25.6 Å². The zero-order valence-electron chi connectivity index (χ0n) is 23.5. The van der Waals surface area contributed by atoms with E-state index in [9.17, 15) is 4.79 Å². The second-order valence-corrected chi connectivity index (χ2v) is 11.9. The number of hydrogen-bond donors (Lipinski definition) is 0. The van der Waals surface area contributed by atoms with Crippen LogP contribution < -0.4 is 4.74 Å². The number of hydrogen-bond acceptors (Lipinski definition) is 6. The molecule has 1 spiro atoms.